The van der Waals surface area contributed by atoms with Gasteiger partial charge in [0.1, 0.15) is 6.10 Å². The molecule has 1 amide bonds. The van der Waals surface area contributed by atoms with Gasteiger partial charge in [-0.1, -0.05) is 0 Å². The van der Waals surface area contributed by atoms with Crippen molar-refractivity contribution in [3.63, 3.8) is 0 Å². The summed E-state index contributed by atoms with van der Waals surface area (Å²) in [6, 6.07) is 0. The molecule has 0 radical (unpaired) electrons. The Hall–Kier alpha value is -0.850. The van der Waals surface area contributed by atoms with Crippen LogP contribution in [0.5, 0.6) is 0 Å². The summed E-state index contributed by atoms with van der Waals surface area (Å²) in [5, 5.41) is 9.66. The number of rotatable bonds is 4. The van der Waals surface area contributed by atoms with Crippen LogP contribution in [0.25, 0.3) is 0 Å². The fourth-order valence-corrected chi connectivity index (χ4v) is 1.37. The highest BCUT2D eigenvalue weighted by atomic mass is 16.7. The van der Waals surface area contributed by atoms with E-state index in [0.717, 1.165) is 0 Å². The van der Waals surface area contributed by atoms with E-state index in [4.69, 9.17) is 15.2 Å². The molecule has 1 rings (SSSR count). The maximum Gasteiger partial charge on any atom is 0.404 e. The van der Waals surface area contributed by atoms with Crippen LogP contribution in [0.2, 0.25) is 0 Å². The van der Waals surface area contributed by atoms with Crippen LogP contribution in [0.4, 0.5) is 4.79 Å². The van der Waals surface area contributed by atoms with Crippen LogP contribution in [-0.2, 0) is 14.2 Å². The molecular weight excluding hydrogens is 202 g/mol. The van der Waals surface area contributed by atoms with Gasteiger partial charge in [0.25, 0.3) is 0 Å². The minimum absolute atomic E-state index is 0.0801. The molecule has 1 saturated heterocycles. The molecule has 2 atom stereocenters. The lowest BCUT2D eigenvalue weighted by Gasteiger charge is -2.20. The molecule has 88 valence electrons. The Labute approximate surface area is 88.3 Å². The molecule has 0 aliphatic carbocycles. The molecular formula is C9H17NO5. The summed E-state index contributed by atoms with van der Waals surface area (Å²) in [7, 11) is 0. The van der Waals surface area contributed by atoms with Gasteiger partial charge in [0.05, 0.1) is 19.3 Å². The van der Waals surface area contributed by atoms with Gasteiger partial charge in [0.15, 0.2) is 5.79 Å². The molecule has 0 aromatic carbocycles. The summed E-state index contributed by atoms with van der Waals surface area (Å²) in [5.74, 6) is -0.657. The third kappa shape index (κ3) is 4.03. The van der Waals surface area contributed by atoms with Crippen molar-refractivity contribution in [1.82, 2.24) is 0 Å². The largest absolute Gasteiger partial charge is 0.450 e. The lowest BCUT2D eigenvalue weighted by atomic mass is 10.1. The quantitative estimate of drug-likeness (QED) is 0.693. The van der Waals surface area contributed by atoms with Crippen LogP contribution < -0.4 is 5.73 Å². The Morgan fingerprint density at radius 2 is 2.40 bits per heavy atom. The second kappa shape index (κ2) is 4.78. The first kappa shape index (κ1) is 12.2. The first-order chi connectivity index (χ1) is 6.91. The van der Waals surface area contributed by atoms with Crippen LogP contribution >= 0.6 is 0 Å². The number of amides is 1. The standard InChI is InChI=1S/C9H17NO5/c1-9(2)14-5-7(15-9)6(11)3-4-13-8(10)12/h6-7,11H,3-5H2,1-2H3,(H2,10,12). The molecule has 6 heteroatoms. The van der Waals surface area contributed by atoms with Gasteiger partial charge in [-0.3, -0.25) is 0 Å². The normalized spacial score (nSPS) is 26.2. The van der Waals surface area contributed by atoms with E-state index in [-0.39, 0.29) is 19.1 Å². The molecule has 0 bridgehead atoms. The van der Waals surface area contributed by atoms with E-state index in [0.29, 0.717) is 6.61 Å². The molecule has 0 aromatic heterocycles. The highest BCUT2D eigenvalue weighted by Gasteiger charge is 2.36. The fourth-order valence-electron chi connectivity index (χ4n) is 1.37. The molecule has 1 heterocycles. The summed E-state index contributed by atoms with van der Waals surface area (Å²) in [6.45, 7) is 3.97. The predicted octanol–water partition coefficient (Wildman–Crippen LogP) is -0.0158. The van der Waals surface area contributed by atoms with Crippen LogP contribution in [0.3, 0.4) is 0 Å². The van der Waals surface area contributed by atoms with Gasteiger partial charge >= 0.3 is 6.09 Å². The third-order valence-corrected chi connectivity index (χ3v) is 2.12. The molecule has 1 aliphatic heterocycles. The summed E-state index contributed by atoms with van der Waals surface area (Å²) in [5.41, 5.74) is 4.78. The van der Waals surface area contributed by atoms with Gasteiger partial charge in [0.2, 0.25) is 0 Å². The zero-order chi connectivity index (χ0) is 11.5. The summed E-state index contributed by atoms with van der Waals surface area (Å²) in [4.78, 5) is 10.3. The van der Waals surface area contributed by atoms with Crippen LogP contribution in [-0.4, -0.2) is 42.4 Å². The lowest BCUT2D eigenvalue weighted by molar-refractivity contribution is -0.152. The minimum atomic E-state index is -0.842. The Kier molecular flexibility index (Phi) is 3.90. The van der Waals surface area contributed by atoms with E-state index >= 15 is 0 Å². The number of carbonyl (C=O) groups excluding carboxylic acids is 1. The second-order valence-electron chi connectivity index (χ2n) is 3.89. The van der Waals surface area contributed by atoms with Gasteiger partial charge in [-0.25, -0.2) is 4.79 Å². The van der Waals surface area contributed by atoms with Crippen LogP contribution in [0, 0.1) is 0 Å². The average Bonchev–Trinajstić information content (AvgIpc) is 2.45. The van der Waals surface area contributed by atoms with Crippen molar-refractivity contribution in [2.24, 2.45) is 5.73 Å². The number of nitrogens with two attached hydrogens (primary N) is 1. The number of carbonyl (C=O) groups is 1. The topological polar surface area (TPSA) is 91.0 Å². The zero-order valence-corrected chi connectivity index (χ0v) is 8.93. The van der Waals surface area contributed by atoms with E-state index in [9.17, 15) is 9.90 Å². The number of hydrogen-bond acceptors (Lipinski definition) is 5. The van der Waals surface area contributed by atoms with Gasteiger partial charge in [-0.05, 0) is 13.8 Å². The number of hydrogen-bond donors (Lipinski definition) is 2. The van der Waals surface area contributed by atoms with E-state index in [1.165, 1.54) is 0 Å². The number of ether oxygens (including phenoxy) is 3. The van der Waals surface area contributed by atoms with Crippen LogP contribution in [0.15, 0.2) is 0 Å². The van der Waals surface area contributed by atoms with Gasteiger partial charge in [0, 0.05) is 6.42 Å². The predicted molar refractivity (Wildman–Crippen MR) is 51.1 cm³/mol. The summed E-state index contributed by atoms with van der Waals surface area (Å²) < 4.78 is 15.2. The molecule has 15 heavy (non-hydrogen) atoms. The molecule has 1 aliphatic rings. The summed E-state index contributed by atoms with van der Waals surface area (Å²) in [6.07, 6.45) is -1.65. The third-order valence-electron chi connectivity index (χ3n) is 2.12. The van der Waals surface area contributed by atoms with E-state index in [2.05, 4.69) is 4.74 Å². The Morgan fingerprint density at radius 3 is 2.87 bits per heavy atom. The maximum absolute atomic E-state index is 10.3. The highest BCUT2D eigenvalue weighted by molar-refractivity contribution is 5.64. The molecule has 2 unspecified atom stereocenters. The molecule has 3 N–H and O–H groups in total. The smallest absolute Gasteiger partial charge is 0.404 e. The van der Waals surface area contributed by atoms with E-state index in [1.807, 2.05) is 0 Å². The molecule has 6 nitrogen and oxygen atoms in total. The first-order valence-electron chi connectivity index (χ1n) is 4.83. The lowest BCUT2D eigenvalue weighted by Crippen LogP contribution is -2.32. The van der Waals surface area contributed by atoms with Crippen molar-refractivity contribution in [3.05, 3.63) is 0 Å². The minimum Gasteiger partial charge on any atom is -0.450 e. The van der Waals surface area contributed by atoms with E-state index in [1.54, 1.807) is 13.8 Å². The fraction of sp³-hybridized carbons (Fsp3) is 0.889. The molecule has 0 saturated carbocycles. The van der Waals surface area contributed by atoms with Crippen molar-refractivity contribution in [2.75, 3.05) is 13.2 Å². The monoisotopic (exact) mass is 219 g/mol. The van der Waals surface area contributed by atoms with Crippen molar-refractivity contribution in [3.8, 4) is 0 Å². The number of primary amides is 1. The maximum atomic E-state index is 10.3. The van der Waals surface area contributed by atoms with Crippen molar-refractivity contribution >= 4 is 6.09 Å². The zero-order valence-electron chi connectivity index (χ0n) is 8.93. The average molecular weight is 219 g/mol. The summed E-state index contributed by atoms with van der Waals surface area (Å²) >= 11 is 0. The Morgan fingerprint density at radius 1 is 1.73 bits per heavy atom. The Bertz CT molecular complexity index is 231. The molecule has 0 spiro atoms. The first-order valence-corrected chi connectivity index (χ1v) is 4.83. The van der Waals surface area contributed by atoms with Crippen LogP contribution in [0.1, 0.15) is 20.3 Å². The number of aliphatic hydroxyl groups is 1. The van der Waals surface area contributed by atoms with Gasteiger partial charge < -0.3 is 25.1 Å². The van der Waals surface area contributed by atoms with Crippen molar-refractivity contribution < 1.29 is 24.1 Å². The number of aliphatic hydroxyl groups excluding tert-OH is 1. The van der Waals surface area contributed by atoms with Gasteiger partial charge in [-0.15, -0.1) is 0 Å². The van der Waals surface area contributed by atoms with Gasteiger partial charge in [-0.2, -0.15) is 0 Å². The second-order valence-corrected chi connectivity index (χ2v) is 3.89. The Balaban J connectivity index is 2.23. The van der Waals surface area contributed by atoms with Crippen molar-refractivity contribution in [2.45, 2.75) is 38.3 Å². The van der Waals surface area contributed by atoms with E-state index < -0.39 is 18.0 Å². The molecule has 0 aromatic rings. The highest BCUT2D eigenvalue weighted by Crippen LogP contribution is 2.24. The van der Waals surface area contributed by atoms with Crippen molar-refractivity contribution in [1.29, 1.82) is 0 Å². The SMILES string of the molecule is CC1(C)OCC(C(O)CCOC(N)=O)O1. The molecule has 1 fully saturated rings.